The van der Waals surface area contributed by atoms with Crippen LogP contribution in [0.5, 0.6) is 0 Å². The van der Waals surface area contributed by atoms with Gasteiger partial charge in [0.15, 0.2) is 0 Å². The standard InChI is InChI=1S/C16H22N4OS.2ClH/c1-3-15(17)16(21)19-13-6-4-5-12(7-13)8-20(2)9-14-10-22-11-18-14;;/h4-7,10-11,15H,3,8-9,17H2,1-2H3,(H,19,21);2*1H/t15-;;/m0../s1. The summed E-state index contributed by atoms with van der Waals surface area (Å²) in [4.78, 5) is 18.3. The van der Waals surface area contributed by atoms with Crippen LogP contribution in [0, 0.1) is 0 Å². The molecule has 8 heteroatoms. The zero-order valence-corrected chi connectivity index (χ0v) is 16.2. The van der Waals surface area contributed by atoms with Crippen molar-refractivity contribution in [3.05, 3.63) is 46.4 Å². The molecule has 3 N–H and O–H groups in total. The van der Waals surface area contributed by atoms with Gasteiger partial charge in [-0.05, 0) is 31.2 Å². The van der Waals surface area contributed by atoms with Crippen LogP contribution in [0.1, 0.15) is 24.6 Å². The summed E-state index contributed by atoms with van der Waals surface area (Å²) in [6.45, 7) is 3.50. The molecule has 0 fully saturated rings. The Morgan fingerprint density at radius 2 is 2.12 bits per heavy atom. The van der Waals surface area contributed by atoms with Crippen molar-refractivity contribution in [3.63, 3.8) is 0 Å². The fourth-order valence-electron chi connectivity index (χ4n) is 2.13. The van der Waals surface area contributed by atoms with Crippen molar-refractivity contribution in [1.29, 1.82) is 0 Å². The summed E-state index contributed by atoms with van der Waals surface area (Å²) >= 11 is 1.60. The molecule has 0 saturated heterocycles. The number of amides is 1. The summed E-state index contributed by atoms with van der Waals surface area (Å²) in [5, 5.41) is 4.91. The molecule has 0 bridgehead atoms. The Kier molecular flexibility index (Phi) is 10.8. The first-order chi connectivity index (χ1) is 10.6. The number of hydrogen-bond acceptors (Lipinski definition) is 5. The van der Waals surface area contributed by atoms with Crippen LogP contribution in [0.25, 0.3) is 0 Å². The van der Waals surface area contributed by atoms with Crippen molar-refractivity contribution < 1.29 is 4.79 Å². The minimum Gasteiger partial charge on any atom is -0.325 e. The van der Waals surface area contributed by atoms with Gasteiger partial charge in [0, 0.05) is 24.2 Å². The summed E-state index contributed by atoms with van der Waals surface area (Å²) in [7, 11) is 2.05. The van der Waals surface area contributed by atoms with E-state index in [1.165, 1.54) is 0 Å². The first kappa shape index (κ1) is 22.8. The van der Waals surface area contributed by atoms with Gasteiger partial charge in [-0.25, -0.2) is 4.98 Å². The van der Waals surface area contributed by atoms with E-state index >= 15 is 0 Å². The topological polar surface area (TPSA) is 71.2 Å². The van der Waals surface area contributed by atoms with E-state index in [4.69, 9.17) is 5.73 Å². The molecule has 134 valence electrons. The van der Waals surface area contributed by atoms with Crippen LogP contribution >= 0.6 is 36.2 Å². The van der Waals surface area contributed by atoms with Crippen molar-refractivity contribution in [1.82, 2.24) is 9.88 Å². The van der Waals surface area contributed by atoms with Crippen molar-refractivity contribution in [2.24, 2.45) is 5.73 Å². The third-order valence-corrected chi connectivity index (χ3v) is 3.97. The van der Waals surface area contributed by atoms with Crippen LogP contribution in [-0.4, -0.2) is 28.9 Å². The Labute approximate surface area is 159 Å². The first-order valence-electron chi connectivity index (χ1n) is 7.29. The molecule has 0 saturated carbocycles. The number of nitrogens with zero attached hydrogens (tertiary/aromatic N) is 2. The number of thiazole rings is 1. The molecule has 0 aliphatic carbocycles. The van der Waals surface area contributed by atoms with Gasteiger partial charge in [0.1, 0.15) is 0 Å². The van der Waals surface area contributed by atoms with E-state index < -0.39 is 6.04 Å². The van der Waals surface area contributed by atoms with Gasteiger partial charge < -0.3 is 11.1 Å². The molecule has 0 radical (unpaired) electrons. The maximum atomic E-state index is 11.8. The zero-order valence-electron chi connectivity index (χ0n) is 13.8. The van der Waals surface area contributed by atoms with Crippen molar-refractivity contribution in [2.45, 2.75) is 32.5 Å². The van der Waals surface area contributed by atoms with E-state index in [-0.39, 0.29) is 30.7 Å². The maximum Gasteiger partial charge on any atom is 0.241 e. The summed E-state index contributed by atoms with van der Waals surface area (Å²) < 4.78 is 0. The molecule has 1 heterocycles. The number of carbonyl (C=O) groups is 1. The second kappa shape index (κ2) is 11.4. The van der Waals surface area contributed by atoms with Crippen LogP contribution in [0.3, 0.4) is 0 Å². The number of halogens is 2. The molecular formula is C16H24Cl2N4OS. The largest absolute Gasteiger partial charge is 0.325 e. The third-order valence-electron chi connectivity index (χ3n) is 3.34. The number of benzene rings is 1. The second-order valence-electron chi connectivity index (χ2n) is 5.36. The highest BCUT2D eigenvalue weighted by molar-refractivity contribution is 7.07. The zero-order chi connectivity index (χ0) is 15.9. The number of nitrogens with one attached hydrogen (secondary N) is 1. The molecule has 0 aliphatic rings. The number of rotatable bonds is 7. The van der Waals surface area contributed by atoms with Crippen LogP contribution < -0.4 is 11.1 Å². The number of anilines is 1. The number of hydrogen-bond donors (Lipinski definition) is 2. The van der Waals surface area contributed by atoms with Crippen LogP contribution in [-0.2, 0) is 17.9 Å². The molecule has 24 heavy (non-hydrogen) atoms. The summed E-state index contributed by atoms with van der Waals surface area (Å²) in [5.41, 5.74) is 10.6. The molecule has 0 spiro atoms. The molecule has 1 amide bonds. The van der Waals surface area contributed by atoms with E-state index in [1.54, 1.807) is 11.3 Å². The molecule has 2 rings (SSSR count). The molecule has 0 aliphatic heterocycles. The van der Waals surface area contributed by atoms with E-state index in [0.717, 1.165) is 30.0 Å². The van der Waals surface area contributed by atoms with Crippen molar-refractivity contribution >= 4 is 47.7 Å². The van der Waals surface area contributed by atoms with E-state index in [2.05, 4.69) is 27.6 Å². The Balaban J connectivity index is 0.00000264. The van der Waals surface area contributed by atoms with Gasteiger partial charge in [-0.3, -0.25) is 9.69 Å². The lowest BCUT2D eigenvalue weighted by Crippen LogP contribution is -2.34. The molecule has 1 aromatic heterocycles. The lowest BCUT2D eigenvalue weighted by atomic mass is 10.1. The van der Waals surface area contributed by atoms with Gasteiger partial charge in [0.05, 0.1) is 17.2 Å². The fourth-order valence-corrected chi connectivity index (χ4v) is 2.68. The SMILES string of the molecule is CC[C@H](N)C(=O)Nc1cccc(CN(C)Cc2cscn2)c1.Cl.Cl. The lowest BCUT2D eigenvalue weighted by Gasteiger charge is -2.16. The van der Waals surface area contributed by atoms with Gasteiger partial charge in [0.2, 0.25) is 5.91 Å². The van der Waals surface area contributed by atoms with Crippen LogP contribution in [0.4, 0.5) is 5.69 Å². The fraction of sp³-hybridized carbons (Fsp3) is 0.375. The number of carbonyl (C=O) groups excluding carboxylic acids is 1. The normalized spacial score (nSPS) is 11.3. The monoisotopic (exact) mass is 390 g/mol. The van der Waals surface area contributed by atoms with Gasteiger partial charge in [0.25, 0.3) is 0 Å². The second-order valence-corrected chi connectivity index (χ2v) is 6.08. The highest BCUT2D eigenvalue weighted by Gasteiger charge is 2.11. The molecular weight excluding hydrogens is 367 g/mol. The number of aromatic nitrogens is 1. The lowest BCUT2D eigenvalue weighted by molar-refractivity contribution is -0.117. The van der Waals surface area contributed by atoms with Crippen LogP contribution in [0.15, 0.2) is 35.2 Å². The van der Waals surface area contributed by atoms with Gasteiger partial charge in [-0.2, -0.15) is 0 Å². The highest BCUT2D eigenvalue weighted by atomic mass is 35.5. The Bertz CT molecular complexity index is 610. The quantitative estimate of drug-likeness (QED) is 0.760. The minimum absolute atomic E-state index is 0. The minimum atomic E-state index is -0.462. The highest BCUT2D eigenvalue weighted by Crippen LogP contribution is 2.14. The average molecular weight is 391 g/mol. The average Bonchev–Trinajstić information content (AvgIpc) is 2.99. The Morgan fingerprint density at radius 1 is 1.38 bits per heavy atom. The maximum absolute atomic E-state index is 11.8. The molecule has 5 nitrogen and oxygen atoms in total. The van der Waals surface area contributed by atoms with Gasteiger partial charge in [-0.1, -0.05) is 19.1 Å². The van der Waals surface area contributed by atoms with Crippen LogP contribution in [0.2, 0.25) is 0 Å². The van der Waals surface area contributed by atoms with E-state index in [1.807, 2.05) is 36.7 Å². The predicted molar refractivity (Wildman–Crippen MR) is 105 cm³/mol. The summed E-state index contributed by atoms with van der Waals surface area (Å²) in [5.74, 6) is -0.143. The van der Waals surface area contributed by atoms with Crippen molar-refractivity contribution in [2.75, 3.05) is 12.4 Å². The summed E-state index contributed by atoms with van der Waals surface area (Å²) in [6.07, 6.45) is 0.627. The molecule has 1 aromatic carbocycles. The molecule has 2 aromatic rings. The van der Waals surface area contributed by atoms with Gasteiger partial charge >= 0.3 is 0 Å². The smallest absolute Gasteiger partial charge is 0.241 e. The predicted octanol–water partition coefficient (Wildman–Crippen LogP) is 3.29. The Hall–Kier alpha value is -1.18. The first-order valence-corrected chi connectivity index (χ1v) is 8.23. The molecule has 1 atom stereocenters. The Morgan fingerprint density at radius 3 is 2.75 bits per heavy atom. The van der Waals surface area contributed by atoms with E-state index in [0.29, 0.717) is 6.42 Å². The summed E-state index contributed by atoms with van der Waals surface area (Å²) in [6, 6.07) is 7.39. The number of nitrogens with two attached hydrogens (primary N) is 1. The van der Waals surface area contributed by atoms with Crippen molar-refractivity contribution in [3.8, 4) is 0 Å². The van der Waals surface area contributed by atoms with E-state index in [9.17, 15) is 4.79 Å². The van der Waals surface area contributed by atoms with Gasteiger partial charge in [-0.15, -0.1) is 36.2 Å². The third kappa shape index (κ3) is 7.15. The molecule has 0 unspecified atom stereocenters.